The van der Waals surface area contributed by atoms with Crippen LogP contribution in [-0.4, -0.2) is 38.1 Å². The fourth-order valence-electron chi connectivity index (χ4n) is 2.00. The number of ether oxygens (including phenoxy) is 2. The third-order valence-corrected chi connectivity index (χ3v) is 3.15. The molecule has 4 heteroatoms. The maximum absolute atomic E-state index is 12.0. The first-order valence-corrected chi connectivity index (χ1v) is 6.64. The summed E-state index contributed by atoms with van der Waals surface area (Å²) in [6, 6.07) is 5.71. The zero-order chi connectivity index (χ0) is 14.3. The van der Waals surface area contributed by atoms with Crippen LogP contribution in [0.5, 0.6) is 11.5 Å². The summed E-state index contributed by atoms with van der Waals surface area (Å²) in [6.45, 7) is 5.51. The molecule has 0 spiro atoms. The molecule has 0 radical (unpaired) electrons. The van der Waals surface area contributed by atoms with Gasteiger partial charge in [0, 0.05) is 25.6 Å². The smallest absolute Gasteiger partial charge is 0.222 e. The average Bonchev–Trinajstić information content (AvgIpc) is 2.45. The molecule has 0 unspecified atom stereocenters. The topological polar surface area (TPSA) is 38.8 Å². The quantitative estimate of drug-likeness (QED) is 0.760. The Balaban J connectivity index is 2.69. The molecular formula is C15H23NO3. The van der Waals surface area contributed by atoms with E-state index in [0.717, 1.165) is 30.2 Å². The standard InChI is InChI=1S/C15H23NO3/c1-5-16(6-2)15(17)8-7-12-9-13(18-3)11-14(10-12)19-4/h9-11H,5-8H2,1-4H3. The largest absolute Gasteiger partial charge is 0.497 e. The van der Waals surface area contributed by atoms with Gasteiger partial charge in [-0.15, -0.1) is 0 Å². The molecular weight excluding hydrogens is 242 g/mol. The van der Waals surface area contributed by atoms with E-state index in [4.69, 9.17) is 9.47 Å². The number of carbonyl (C=O) groups is 1. The normalized spacial score (nSPS) is 10.1. The van der Waals surface area contributed by atoms with Crippen LogP contribution in [0, 0.1) is 0 Å². The number of aryl methyl sites for hydroxylation is 1. The van der Waals surface area contributed by atoms with Crippen molar-refractivity contribution in [3.05, 3.63) is 23.8 Å². The summed E-state index contributed by atoms with van der Waals surface area (Å²) in [5, 5.41) is 0. The maximum atomic E-state index is 12.0. The molecule has 106 valence electrons. The summed E-state index contributed by atoms with van der Waals surface area (Å²) in [5.74, 6) is 1.70. The number of nitrogens with zero attached hydrogens (tertiary/aromatic N) is 1. The van der Waals surface area contributed by atoms with Gasteiger partial charge in [0.1, 0.15) is 11.5 Å². The number of hydrogen-bond acceptors (Lipinski definition) is 3. The molecule has 0 aromatic heterocycles. The molecule has 1 rings (SSSR count). The van der Waals surface area contributed by atoms with Crippen LogP contribution in [0.3, 0.4) is 0 Å². The van der Waals surface area contributed by atoms with Crippen LogP contribution in [0.1, 0.15) is 25.8 Å². The highest BCUT2D eigenvalue weighted by atomic mass is 16.5. The Morgan fingerprint density at radius 2 is 1.58 bits per heavy atom. The number of rotatable bonds is 7. The lowest BCUT2D eigenvalue weighted by molar-refractivity contribution is -0.130. The van der Waals surface area contributed by atoms with Crippen molar-refractivity contribution in [1.29, 1.82) is 0 Å². The van der Waals surface area contributed by atoms with Gasteiger partial charge in [-0.1, -0.05) is 0 Å². The second-order valence-electron chi connectivity index (χ2n) is 4.29. The predicted molar refractivity (Wildman–Crippen MR) is 75.8 cm³/mol. The van der Waals surface area contributed by atoms with Crippen molar-refractivity contribution in [2.24, 2.45) is 0 Å². The van der Waals surface area contributed by atoms with Gasteiger partial charge in [0.25, 0.3) is 0 Å². The second-order valence-corrected chi connectivity index (χ2v) is 4.29. The molecule has 0 aliphatic rings. The summed E-state index contributed by atoms with van der Waals surface area (Å²) in [6.07, 6.45) is 1.21. The van der Waals surface area contributed by atoms with Crippen molar-refractivity contribution in [2.45, 2.75) is 26.7 Å². The van der Waals surface area contributed by atoms with Gasteiger partial charge in [0.05, 0.1) is 14.2 Å². The minimum absolute atomic E-state index is 0.187. The highest BCUT2D eigenvalue weighted by Crippen LogP contribution is 2.23. The van der Waals surface area contributed by atoms with Crippen molar-refractivity contribution < 1.29 is 14.3 Å². The first-order valence-electron chi connectivity index (χ1n) is 6.64. The zero-order valence-corrected chi connectivity index (χ0v) is 12.2. The van der Waals surface area contributed by atoms with Gasteiger partial charge in [-0.2, -0.15) is 0 Å². The van der Waals surface area contributed by atoms with E-state index in [-0.39, 0.29) is 5.91 Å². The summed E-state index contributed by atoms with van der Waals surface area (Å²) < 4.78 is 10.4. The Morgan fingerprint density at radius 3 is 2.00 bits per heavy atom. The van der Waals surface area contributed by atoms with Crippen LogP contribution in [0.4, 0.5) is 0 Å². The van der Waals surface area contributed by atoms with Gasteiger partial charge >= 0.3 is 0 Å². The van der Waals surface area contributed by atoms with E-state index < -0.39 is 0 Å². The Bertz CT molecular complexity index is 392. The maximum Gasteiger partial charge on any atom is 0.222 e. The molecule has 0 saturated heterocycles. The second kappa shape index (κ2) is 7.67. The lowest BCUT2D eigenvalue weighted by atomic mass is 10.1. The van der Waals surface area contributed by atoms with E-state index >= 15 is 0 Å². The van der Waals surface area contributed by atoms with Crippen LogP contribution in [0.2, 0.25) is 0 Å². The minimum Gasteiger partial charge on any atom is -0.497 e. The Hall–Kier alpha value is -1.71. The highest BCUT2D eigenvalue weighted by Gasteiger charge is 2.10. The molecule has 1 aromatic rings. The molecule has 1 aromatic carbocycles. The Morgan fingerprint density at radius 1 is 1.05 bits per heavy atom. The lowest BCUT2D eigenvalue weighted by Gasteiger charge is -2.18. The number of methoxy groups -OCH3 is 2. The Labute approximate surface area is 115 Å². The van der Waals surface area contributed by atoms with E-state index in [9.17, 15) is 4.79 Å². The molecule has 0 atom stereocenters. The van der Waals surface area contributed by atoms with Crippen LogP contribution in [-0.2, 0) is 11.2 Å². The number of amides is 1. The third-order valence-electron chi connectivity index (χ3n) is 3.15. The first-order chi connectivity index (χ1) is 9.14. The van der Waals surface area contributed by atoms with Gasteiger partial charge in [-0.05, 0) is 38.0 Å². The summed E-state index contributed by atoms with van der Waals surface area (Å²) in [5.41, 5.74) is 1.05. The van der Waals surface area contributed by atoms with Gasteiger partial charge in [-0.3, -0.25) is 4.79 Å². The van der Waals surface area contributed by atoms with Gasteiger partial charge < -0.3 is 14.4 Å². The predicted octanol–water partition coefficient (Wildman–Crippen LogP) is 2.50. The fraction of sp³-hybridized carbons (Fsp3) is 0.533. The van der Waals surface area contributed by atoms with Crippen LogP contribution in [0.25, 0.3) is 0 Å². The molecule has 4 nitrogen and oxygen atoms in total. The van der Waals surface area contributed by atoms with Gasteiger partial charge in [0.2, 0.25) is 5.91 Å². The Kier molecular flexibility index (Phi) is 6.19. The van der Waals surface area contributed by atoms with Crippen molar-refractivity contribution in [1.82, 2.24) is 4.90 Å². The molecule has 0 N–H and O–H groups in total. The molecule has 0 fully saturated rings. The van der Waals surface area contributed by atoms with E-state index in [0.29, 0.717) is 12.8 Å². The van der Waals surface area contributed by atoms with Gasteiger partial charge in [-0.25, -0.2) is 0 Å². The van der Waals surface area contributed by atoms with Crippen molar-refractivity contribution in [3.63, 3.8) is 0 Å². The number of hydrogen-bond donors (Lipinski definition) is 0. The van der Waals surface area contributed by atoms with Crippen LogP contribution in [0.15, 0.2) is 18.2 Å². The lowest BCUT2D eigenvalue weighted by Crippen LogP contribution is -2.30. The first kappa shape index (κ1) is 15.3. The molecule has 0 saturated carbocycles. The van der Waals surface area contributed by atoms with Crippen LogP contribution < -0.4 is 9.47 Å². The van der Waals surface area contributed by atoms with Crippen molar-refractivity contribution >= 4 is 5.91 Å². The van der Waals surface area contributed by atoms with Crippen molar-refractivity contribution in [2.75, 3.05) is 27.3 Å². The monoisotopic (exact) mass is 265 g/mol. The van der Waals surface area contributed by atoms with Crippen molar-refractivity contribution in [3.8, 4) is 11.5 Å². The summed E-state index contributed by atoms with van der Waals surface area (Å²) >= 11 is 0. The number of carbonyl (C=O) groups excluding carboxylic acids is 1. The minimum atomic E-state index is 0.187. The highest BCUT2D eigenvalue weighted by molar-refractivity contribution is 5.76. The van der Waals surface area contributed by atoms with E-state index in [1.54, 1.807) is 14.2 Å². The molecule has 0 heterocycles. The third kappa shape index (κ3) is 4.47. The van der Waals surface area contributed by atoms with E-state index in [1.807, 2.05) is 36.9 Å². The molecule has 0 aliphatic heterocycles. The van der Waals surface area contributed by atoms with E-state index in [1.165, 1.54) is 0 Å². The number of benzene rings is 1. The average molecular weight is 265 g/mol. The fourth-order valence-corrected chi connectivity index (χ4v) is 2.00. The van der Waals surface area contributed by atoms with Gasteiger partial charge in [0.15, 0.2) is 0 Å². The molecule has 0 aliphatic carbocycles. The molecule has 0 bridgehead atoms. The summed E-state index contributed by atoms with van der Waals surface area (Å²) in [4.78, 5) is 13.8. The summed E-state index contributed by atoms with van der Waals surface area (Å²) in [7, 11) is 3.25. The SMILES string of the molecule is CCN(CC)C(=O)CCc1cc(OC)cc(OC)c1. The molecule has 19 heavy (non-hydrogen) atoms. The van der Waals surface area contributed by atoms with E-state index in [2.05, 4.69) is 0 Å². The van der Waals surface area contributed by atoms with Crippen LogP contribution >= 0.6 is 0 Å². The zero-order valence-electron chi connectivity index (χ0n) is 12.2. The molecule has 1 amide bonds.